The smallest absolute Gasteiger partial charge is 0.216 e. The van der Waals surface area contributed by atoms with Gasteiger partial charge in [0.2, 0.25) is 5.88 Å². The van der Waals surface area contributed by atoms with E-state index < -0.39 is 0 Å². The number of methoxy groups -OCH3 is 1. The van der Waals surface area contributed by atoms with Gasteiger partial charge in [0.05, 0.1) is 7.11 Å². The molecule has 0 saturated carbocycles. The van der Waals surface area contributed by atoms with Crippen LogP contribution in [0.3, 0.4) is 0 Å². The highest BCUT2D eigenvalue weighted by Gasteiger charge is 2.11. The van der Waals surface area contributed by atoms with E-state index in [9.17, 15) is 0 Å². The molecule has 3 heterocycles. The van der Waals surface area contributed by atoms with Crippen molar-refractivity contribution in [3.8, 4) is 5.88 Å². The van der Waals surface area contributed by atoms with E-state index in [0.717, 1.165) is 46.6 Å². The lowest BCUT2D eigenvalue weighted by Gasteiger charge is -2.10. The highest BCUT2D eigenvalue weighted by molar-refractivity contribution is 6.30. The van der Waals surface area contributed by atoms with E-state index in [1.165, 1.54) is 11.1 Å². The van der Waals surface area contributed by atoms with Gasteiger partial charge in [0, 0.05) is 40.5 Å². The summed E-state index contributed by atoms with van der Waals surface area (Å²) in [5, 5.41) is 1.89. The van der Waals surface area contributed by atoms with Crippen molar-refractivity contribution < 1.29 is 4.74 Å². The lowest BCUT2D eigenvalue weighted by molar-refractivity contribution is 0.391. The normalized spacial score (nSPS) is 11.0. The molecule has 4 rings (SSSR count). The van der Waals surface area contributed by atoms with Gasteiger partial charge in [-0.3, -0.25) is 0 Å². The molecule has 5 heteroatoms. The van der Waals surface area contributed by atoms with E-state index in [1.807, 2.05) is 24.4 Å². The number of aromatic amines is 1. The Morgan fingerprint density at radius 2 is 1.85 bits per heavy atom. The molecule has 3 aromatic heterocycles. The SMILES string of the molecule is COc1nc(CCc2ccc(Cl)cc2)ccc1Cc1c[nH]c2ncccc12. The number of rotatable bonds is 6. The number of nitrogens with one attached hydrogen (secondary N) is 1. The van der Waals surface area contributed by atoms with Crippen LogP contribution >= 0.6 is 11.6 Å². The molecule has 1 N–H and O–H groups in total. The standard InChI is InChI=1S/C22H20ClN3O/c1-27-22-16(13-17-14-25-21-20(17)3-2-12-24-21)7-11-19(26-22)10-6-15-4-8-18(23)9-5-15/h2-5,7-9,11-12,14H,6,10,13H2,1H3,(H,24,25). The van der Waals surface area contributed by atoms with Gasteiger partial charge in [-0.2, -0.15) is 0 Å². The fourth-order valence-electron chi connectivity index (χ4n) is 3.25. The van der Waals surface area contributed by atoms with Crippen LogP contribution in [0.2, 0.25) is 5.02 Å². The largest absolute Gasteiger partial charge is 0.481 e. The minimum atomic E-state index is 0.682. The molecular formula is C22H20ClN3O. The number of aromatic nitrogens is 3. The zero-order valence-corrected chi connectivity index (χ0v) is 15.8. The fraction of sp³-hybridized carbons (Fsp3) is 0.182. The summed E-state index contributed by atoms with van der Waals surface area (Å²) in [6.45, 7) is 0. The number of hydrogen-bond donors (Lipinski definition) is 1. The predicted octanol–water partition coefficient (Wildman–Crippen LogP) is 5.00. The monoisotopic (exact) mass is 377 g/mol. The Hall–Kier alpha value is -2.85. The molecule has 0 unspecified atom stereocenters. The highest BCUT2D eigenvalue weighted by Crippen LogP contribution is 2.24. The number of nitrogens with zero attached hydrogens (tertiary/aromatic N) is 2. The molecule has 0 aliphatic rings. The van der Waals surface area contributed by atoms with Crippen LogP contribution < -0.4 is 4.74 Å². The van der Waals surface area contributed by atoms with E-state index in [2.05, 4.69) is 40.3 Å². The summed E-state index contributed by atoms with van der Waals surface area (Å²) in [5.74, 6) is 0.682. The van der Waals surface area contributed by atoms with Crippen molar-refractivity contribution in [2.24, 2.45) is 0 Å². The molecule has 4 aromatic rings. The molecule has 0 saturated heterocycles. The minimum absolute atomic E-state index is 0.682. The number of hydrogen-bond acceptors (Lipinski definition) is 3. The van der Waals surface area contributed by atoms with Gasteiger partial charge >= 0.3 is 0 Å². The first-order valence-electron chi connectivity index (χ1n) is 8.91. The maximum absolute atomic E-state index is 5.95. The summed E-state index contributed by atoms with van der Waals surface area (Å²) in [7, 11) is 1.67. The van der Waals surface area contributed by atoms with Crippen molar-refractivity contribution >= 4 is 22.6 Å². The average Bonchev–Trinajstić information content (AvgIpc) is 3.11. The molecule has 27 heavy (non-hydrogen) atoms. The summed E-state index contributed by atoms with van der Waals surface area (Å²) in [5.41, 5.74) is 5.42. The van der Waals surface area contributed by atoms with Gasteiger partial charge in [0.1, 0.15) is 5.65 Å². The van der Waals surface area contributed by atoms with Gasteiger partial charge in [0.15, 0.2) is 0 Å². The number of H-pyrrole nitrogens is 1. The predicted molar refractivity (Wildman–Crippen MR) is 109 cm³/mol. The van der Waals surface area contributed by atoms with Gasteiger partial charge in [0.25, 0.3) is 0 Å². The first-order valence-corrected chi connectivity index (χ1v) is 9.29. The van der Waals surface area contributed by atoms with Gasteiger partial charge in [-0.05, 0) is 54.3 Å². The molecule has 136 valence electrons. The van der Waals surface area contributed by atoms with Crippen molar-refractivity contribution in [2.75, 3.05) is 7.11 Å². The van der Waals surface area contributed by atoms with Crippen LogP contribution in [0, 0.1) is 0 Å². The summed E-state index contributed by atoms with van der Waals surface area (Å²) >= 11 is 5.95. The molecule has 0 spiro atoms. The Morgan fingerprint density at radius 1 is 1.00 bits per heavy atom. The topological polar surface area (TPSA) is 50.8 Å². The van der Waals surface area contributed by atoms with Gasteiger partial charge in [-0.25, -0.2) is 9.97 Å². The van der Waals surface area contributed by atoms with Crippen molar-refractivity contribution in [1.82, 2.24) is 15.0 Å². The number of pyridine rings is 2. The molecule has 0 radical (unpaired) electrons. The van der Waals surface area contributed by atoms with Gasteiger partial charge in [-0.15, -0.1) is 0 Å². The summed E-state index contributed by atoms with van der Waals surface area (Å²) in [4.78, 5) is 12.3. The Balaban J connectivity index is 1.51. The van der Waals surface area contributed by atoms with E-state index in [-0.39, 0.29) is 0 Å². The van der Waals surface area contributed by atoms with E-state index >= 15 is 0 Å². The van der Waals surface area contributed by atoms with Crippen LogP contribution in [0.1, 0.15) is 22.4 Å². The average molecular weight is 378 g/mol. The van der Waals surface area contributed by atoms with Gasteiger partial charge in [-0.1, -0.05) is 29.8 Å². The Morgan fingerprint density at radius 3 is 2.67 bits per heavy atom. The summed E-state index contributed by atoms with van der Waals surface area (Å²) in [6, 6.07) is 16.2. The fourth-order valence-corrected chi connectivity index (χ4v) is 3.37. The maximum atomic E-state index is 5.95. The van der Waals surface area contributed by atoms with Crippen molar-refractivity contribution in [3.05, 3.63) is 88.3 Å². The van der Waals surface area contributed by atoms with Crippen molar-refractivity contribution in [2.45, 2.75) is 19.3 Å². The number of ether oxygens (including phenoxy) is 1. The lowest BCUT2D eigenvalue weighted by atomic mass is 10.0. The van der Waals surface area contributed by atoms with Crippen LogP contribution in [0.4, 0.5) is 0 Å². The number of aryl methyl sites for hydroxylation is 2. The Kier molecular flexibility index (Phi) is 5.07. The molecule has 0 bridgehead atoms. The van der Waals surface area contributed by atoms with Crippen molar-refractivity contribution in [3.63, 3.8) is 0 Å². The zero-order valence-electron chi connectivity index (χ0n) is 15.1. The summed E-state index contributed by atoms with van der Waals surface area (Å²) in [6.07, 6.45) is 6.32. The van der Waals surface area contributed by atoms with E-state index in [1.54, 1.807) is 13.3 Å². The van der Waals surface area contributed by atoms with Crippen LogP contribution in [0.25, 0.3) is 11.0 Å². The summed E-state index contributed by atoms with van der Waals surface area (Å²) < 4.78 is 5.56. The molecule has 0 atom stereocenters. The lowest BCUT2D eigenvalue weighted by Crippen LogP contribution is -2.01. The van der Waals surface area contributed by atoms with Crippen LogP contribution in [-0.2, 0) is 19.3 Å². The zero-order chi connectivity index (χ0) is 18.6. The van der Waals surface area contributed by atoms with Gasteiger partial charge < -0.3 is 9.72 Å². The molecular weight excluding hydrogens is 358 g/mol. The molecule has 1 aromatic carbocycles. The third-order valence-corrected chi connectivity index (χ3v) is 4.94. The molecule has 0 aliphatic carbocycles. The second-order valence-corrected chi connectivity index (χ2v) is 6.92. The first kappa shape index (κ1) is 17.6. The van der Waals surface area contributed by atoms with Crippen molar-refractivity contribution in [1.29, 1.82) is 0 Å². The molecule has 4 nitrogen and oxygen atoms in total. The third kappa shape index (κ3) is 3.96. The number of benzene rings is 1. The highest BCUT2D eigenvalue weighted by atomic mass is 35.5. The maximum Gasteiger partial charge on any atom is 0.216 e. The third-order valence-electron chi connectivity index (χ3n) is 4.69. The molecule has 0 amide bonds. The molecule has 0 aliphatic heterocycles. The minimum Gasteiger partial charge on any atom is -0.481 e. The number of halogens is 1. The second-order valence-electron chi connectivity index (χ2n) is 6.49. The number of fused-ring (bicyclic) bond motifs is 1. The van der Waals surface area contributed by atoms with E-state index in [4.69, 9.17) is 21.3 Å². The quantitative estimate of drug-likeness (QED) is 0.514. The second kappa shape index (κ2) is 7.80. The van der Waals surface area contributed by atoms with Crippen LogP contribution in [0.15, 0.2) is 60.9 Å². The van der Waals surface area contributed by atoms with Crippen LogP contribution in [-0.4, -0.2) is 22.1 Å². The Bertz CT molecular complexity index is 1060. The van der Waals surface area contributed by atoms with E-state index in [0.29, 0.717) is 5.88 Å². The Labute approximate surface area is 163 Å². The first-order chi connectivity index (χ1) is 13.2. The van der Waals surface area contributed by atoms with Crippen LogP contribution in [0.5, 0.6) is 5.88 Å². The molecule has 0 fully saturated rings.